The monoisotopic (exact) mass is 433 g/mol. The number of hydrogen-bond acceptors (Lipinski definition) is 3. The van der Waals surface area contributed by atoms with Gasteiger partial charge in [-0.3, -0.25) is 4.98 Å². The number of benzene rings is 2. The molecule has 2 aromatic carbocycles. The SMILES string of the molecule is C/C=C/c1c(C(C)C)nc(C(C)C)c(CO)c1-c1ccc(F)cc1OCc1ccccc1. The van der Waals surface area contributed by atoms with Crippen LogP contribution in [0.2, 0.25) is 0 Å². The predicted molar refractivity (Wildman–Crippen MR) is 129 cm³/mol. The largest absolute Gasteiger partial charge is 0.488 e. The van der Waals surface area contributed by atoms with Crippen LogP contribution < -0.4 is 4.74 Å². The lowest BCUT2D eigenvalue weighted by atomic mass is 9.87. The standard InChI is InChI=1S/C28H32FNO2/c1-6-10-23-26(24(16-31)28(19(4)5)30-27(23)18(2)3)22-14-13-21(29)15-25(22)32-17-20-11-8-7-9-12-20/h6-15,18-19,31H,16-17H2,1-5H3/b10-6+. The molecular weight excluding hydrogens is 401 g/mol. The quantitative estimate of drug-likeness (QED) is 0.407. The minimum Gasteiger partial charge on any atom is -0.488 e. The van der Waals surface area contributed by atoms with Gasteiger partial charge in [0.05, 0.1) is 12.3 Å². The third-order valence-electron chi connectivity index (χ3n) is 5.43. The number of ether oxygens (including phenoxy) is 1. The van der Waals surface area contributed by atoms with Crippen LogP contribution in [-0.2, 0) is 13.2 Å². The van der Waals surface area contributed by atoms with Crippen LogP contribution in [0.15, 0.2) is 54.6 Å². The van der Waals surface area contributed by atoms with E-state index >= 15 is 0 Å². The molecule has 0 bridgehead atoms. The van der Waals surface area contributed by atoms with E-state index in [-0.39, 0.29) is 24.3 Å². The van der Waals surface area contributed by atoms with Gasteiger partial charge in [0.1, 0.15) is 18.2 Å². The number of halogens is 1. The van der Waals surface area contributed by atoms with E-state index in [4.69, 9.17) is 9.72 Å². The highest BCUT2D eigenvalue weighted by atomic mass is 19.1. The van der Waals surface area contributed by atoms with Crippen molar-refractivity contribution >= 4 is 6.08 Å². The second-order valence-corrected chi connectivity index (χ2v) is 8.53. The van der Waals surface area contributed by atoms with E-state index in [9.17, 15) is 9.50 Å². The lowest BCUT2D eigenvalue weighted by Crippen LogP contribution is -2.11. The second kappa shape index (κ2) is 10.6. The molecule has 4 heteroatoms. The summed E-state index contributed by atoms with van der Waals surface area (Å²) in [5.41, 5.74) is 6.12. The minimum atomic E-state index is -0.364. The molecule has 0 saturated carbocycles. The molecular formula is C28H32FNO2. The molecule has 0 aliphatic carbocycles. The van der Waals surface area contributed by atoms with Gasteiger partial charge in [-0.25, -0.2) is 4.39 Å². The van der Waals surface area contributed by atoms with E-state index in [1.54, 1.807) is 6.07 Å². The van der Waals surface area contributed by atoms with Crippen LogP contribution in [0, 0.1) is 5.82 Å². The third-order valence-corrected chi connectivity index (χ3v) is 5.43. The number of pyridine rings is 1. The summed E-state index contributed by atoms with van der Waals surface area (Å²) in [5.74, 6) is 0.392. The Bertz CT molecular complexity index is 1090. The number of nitrogens with zero attached hydrogens (tertiary/aromatic N) is 1. The van der Waals surface area contributed by atoms with Crippen LogP contribution >= 0.6 is 0 Å². The van der Waals surface area contributed by atoms with Crippen molar-refractivity contribution in [1.29, 1.82) is 0 Å². The Kier molecular flexibility index (Phi) is 7.81. The zero-order chi connectivity index (χ0) is 23.3. The van der Waals surface area contributed by atoms with Crippen molar-refractivity contribution in [3.8, 4) is 16.9 Å². The van der Waals surface area contributed by atoms with Crippen LogP contribution in [0.4, 0.5) is 4.39 Å². The highest BCUT2D eigenvalue weighted by molar-refractivity contribution is 5.83. The molecule has 0 fully saturated rings. The van der Waals surface area contributed by atoms with E-state index in [2.05, 4.69) is 27.7 Å². The molecule has 0 aliphatic rings. The van der Waals surface area contributed by atoms with Gasteiger partial charge in [-0.15, -0.1) is 0 Å². The molecule has 3 aromatic rings. The maximum Gasteiger partial charge on any atom is 0.130 e. The Labute approximate surface area is 190 Å². The number of aromatic nitrogens is 1. The van der Waals surface area contributed by atoms with Crippen LogP contribution in [0.1, 0.15) is 74.5 Å². The highest BCUT2D eigenvalue weighted by Crippen LogP contribution is 2.41. The van der Waals surface area contributed by atoms with Gasteiger partial charge in [0, 0.05) is 34.0 Å². The Morgan fingerprint density at radius 3 is 2.28 bits per heavy atom. The first-order chi connectivity index (χ1) is 15.4. The van der Waals surface area contributed by atoms with E-state index in [0.717, 1.165) is 39.2 Å². The molecule has 0 aliphatic heterocycles. The van der Waals surface area contributed by atoms with Crippen LogP contribution in [0.25, 0.3) is 17.2 Å². The minimum absolute atomic E-state index is 0.127. The lowest BCUT2D eigenvalue weighted by Gasteiger charge is -2.24. The van der Waals surface area contributed by atoms with Crippen LogP contribution in [0.5, 0.6) is 5.75 Å². The molecule has 0 unspecified atom stereocenters. The maximum atomic E-state index is 14.3. The zero-order valence-corrected chi connectivity index (χ0v) is 19.5. The molecule has 1 aromatic heterocycles. The number of hydrogen-bond donors (Lipinski definition) is 1. The Morgan fingerprint density at radius 2 is 1.69 bits per heavy atom. The Balaban J connectivity index is 2.28. The number of rotatable bonds is 8. The van der Waals surface area contributed by atoms with Gasteiger partial charge < -0.3 is 9.84 Å². The summed E-state index contributed by atoms with van der Waals surface area (Å²) in [6.45, 7) is 10.5. The van der Waals surface area contributed by atoms with E-state index in [1.165, 1.54) is 12.1 Å². The van der Waals surface area contributed by atoms with Crippen molar-refractivity contribution in [1.82, 2.24) is 4.98 Å². The third kappa shape index (κ3) is 5.08. The number of aliphatic hydroxyl groups excluding tert-OH is 1. The highest BCUT2D eigenvalue weighted by Gasteiger charge is 2.24. The second-order valence-electron chi connectivity index (χ2n) is 8.53. The van der Waals surface area contributed by atoms with Gasteiger partial charge in [-0.2, -0.15) is 0 Å². The molecule has 0 spiro atoms. The van der Waals surface area contributed by atoms with Crippen LogP contribution in [-0.4, -0.2) is 10.1 Å². The van der Waals surface area contributed by atoms with Crippen LogP contribution in [0.3, 0.4) is 0 Å². The van der Waals surface area contributed by atoms with Gasteiger partial charge in [0.2, 0.25) is 0 Å². The predicted octanol–water partition coefficient (Wildman–Crippen LogP) is 7.24. The average Bonchev–Trinajstić information content (AvgIpc) is 2.78. The van der Waals surface area contributed by atoms with E-state index in [1.807, 2.05) is 49.4 Å². The normalized spacial score (nSPS) is 11.7. The molecule has 168 valence electrons. The summed E-state index contributed by atoms with van der Waals surface area (Å²) in [6.07, 6.45) is 3.99. The molecule has 3 nitrogen and oxygen atoms in total. The molecule has 0 atom stereocenters. The molecule has 0 radical (unpaired) electrons. The molecule has 0 saturated heterocycles. The first-order valence-electron chi connectivity index (χ1n) is 11.1. The van der Waals surface area contributed by atoms with Gasteiger partial charge in [-0.1, -0.05) is 70.2 Å². The topological polar surface area (TPSA) is 42.4 Å². The van der Waals surface area contributed by atoms with E-state index < -0.39 is 0 Å². The summed E-state index contributed by atoms with van der Waals surface area (Å²) >= 11 is 0. The van der Waals surface area contributed by atoms with Crippen molar-refractivity contribution in [3.63, 3.8) is 0 Å². The maximum absolute atomic E-state index is 14.3. The molecule has 1 N–H and O–H groups in total. The summed E-state index contributed by atoms with van der Waals surface area (Å²) in [6, 6.07) is 14.4. The first-order valence-corrected chi connectivity index (χ1v) is 11.1. The van der Waals surface area contributed by atoms with Crippen molar-refractivity contribution in [3.05, 3.63) is 88.5 Å². The Hall–Kier alpha value is -2.98. The van der Waals surface area contributed by atoms with Crippen molar-refractivity contribution in [2.24, 2.45) is 0 Å². The van der Waals surface area contributed by atoms with Gasteiger partial charge in [0.15, 0.2) is 0 Å². The summed E-state index contributed by atoms with van der Waals surface area (Å²) < 4.78 is 20.4. The fourth-order valence-corrected chi connectivity index (χ4v) is 3.95. The van der Waals surface area contributed by atoms with Gasteiger partial charge >= 0.3 is 0 Å². The number of aliphatic hydroxyl groups is 1. The first kappa shape index (κ1) is 23.7. The van der Waals surface area contributed by atoms with Gasteiger partial charge in [-0.05, 0) is 36.5 Å². The summed E-state index contributed by atoms with van der Waals surface area (Å²) in [5, 5.41) is 10.4. The molecule has 1 heterocycles. The fourth-order valence-electron chi connectivity index (χ4n) is 3.95. The van der Waals surface area contributed by atoms with E-state index in [0.29, 0.717) is 12.4 Å². The van der Waals surface area contributed by atoms with Gasteiger partial charge in [0.25, 0.3) is 0 Å². The molecule has 0 amide bonds. The smallest absolute Gasteiger partial charge is 0.130 e. The van der Waals surface area contributed by atoms with Crippen molar-refractivity contribution in [2.45, 2.75) is 59.7 Å². The average molecular weight is 434 g/mol. The zero-order valence-electron chi connectivity index (χ0n) is 19.5. The summed E-state index contributed by atoms with van der Waals surface area (Å²) in [4.78, 5) is 4.96. The molecule has 3 rings (SSSR count). The van der Waals surface area contributed by atoms with Crippen molar-refractivity contribution < 1.29 is 14.2 Å². The Morgan fingerprint density at radius 1 is 1.00 bits per heavy atom. The summed E-state index contributed by atoms with van der Waals surface area (Å²) in [7, 11) is 0. The molecule has 32 heavy (non-hydrogen) atoms. The number of allylic oxidation sites excluding steroid dienone is 1. The fraction of sp³-hybridized carbons (Fsp3) is 0.321. The lowest BCUT2D eigenvalue weighted by molar-refractivity contribution is 0.279. The van der Waals surface area contributed by atoms with Crippen molar-refractivity contribution in [2.75, 3.05) is 0 Å².